The van der Waals surface area contributed by atoms with E-state index in [4.69, 9.17) is 16.9 Å². The first-order chi connectivity index (χ1) is 14.7. The normalized spacial score (nSPS) is 10.8. The average Bonchev–Trinajstić information content (AvgIpc) is 3.25. The third-order valence-corrected chi connectivity index (χ3v) is 6.18. The lowest BCUT2D eigenvalue weighted by Gasteiger charge is -2.10. The zero-order valence-electron chi connectivity index (χ0n) is 16.4. The number of benzene rings is 2. The van der Waals surface area contributed by atoms with Gasteiger partial charge in [-0.2, -0.15) is 5.26 Å². The Kier molecular flexibility index (Phi) is 6.60. The number of nitrogens with zero attached hydrogens (tertiary/aromatic N) is 2. The van der Waals surface area contributed by atoms with Crippen molar-refractivity contribution in [2.45, 2.75) is 13.0 Å². The van der Waals surface area contributed by atoms with Crippen molar-refractivity contribution in [1.82, 2.24) is 10.3 Å². The van der Waals surface area contributed by atoms with E-state index in [2.05, 4.69) is 33.8 Å². The lowest BCUT2D eigenvalue weighted by atomic mass is 10.1. The molecule has 4 nitrogen and oxygen atoms in total. The number of rotatable bonds is 8. The summed E-state index contributed by atoms with van der Waals surface area (Å²) in [7, 11) is 0. The molecular weight excluding hydrogens is 412 g/mol. The summed E-state index contributed by atoms with van der Waals surface area (Å²) in [5.41, 5.74) is 3.83. The summed E-state index contributed by atoms with van der Waals surface area (Å²) in [4.78, 5) is 6.91. The number of anilines is 1. The first kappa shape index (κ1) is 20.4. The van der Waals surface area contributed by atoms with E-state index in [1.54, 1.807) is 11.3 Å². The second-order valence-corrected chi connectivity index (χ2v) is 8.54. The Morgan fingerprint density at radius 1 is 1.00 bits per heavy atom. The van der Waals surface area contributed by atoms with Gasteiger partial charge in [-0.3, -0.25) is 4.98 Å². The molecule has 2 heterocycles. The van der Waals surface area contributed by atoms with Crippen LogP contribution >= 0.6 is 22.9 Å². The molecule has 2 aromatic carbocycles. The molecule has 0 bridgehead atoms. The van der Waals surface area contributed by atoms with Crippen LogP contribution in [0.2, 0.25) is 5.02 Å². The van der Waals surface area contributed by atoms with Gasteiger partial charge in [-0.15, -0.1) is 11.3 Å². The average molecular weight is 433 g/mol. The summed E-state index contributed by atoms with van der Waals surface area (Å²) in [5.74, 6) is 0. The third-order valence-electron chi connectivity index (χ3n) is 4.81. The lowest BCUT2D eigenvalue weighted by Crippen LogP contribution is -2.17. The molecular formula is C24H21ClN4S. The number of hydrogen-bond donors (Lipinski definition) is 2. The highest BCUT2D eigenvalue weighted by Gasteiger charge is 2.04. The summed E-state index contributed by atoms with van der Waals surface area (Å²) in [6.07, 6.45) is 2.83. The van der Waals surface area contributed by atoms with Gasteiger partial charge in [0.2, 0.25) is 0 Å². The van der Waals surface area contributed by atoms with Crippen LogP contribution in [0.3, 0.4) is 0 Å². The van der Waals surface area contributed by atoms with Gasteiger partial charge in [0.1, 0.15) is 0 Å². The number of fused-ring (bicyclic) bond motifs is 1. The van der Waals surface area contributed by atoms with E-state index in [0.29, 0.717) is 10.6 Å². The van der Waals surface area contributed by atoms with Crippen molar-refractivity contribution < 1.29 is 0 Å². The van der Waals surface area contributed by atoms with E-state index in [0.717, 1.165) is 48.2 Å². The molecule has 0 spiro atoms. The Morgan fingerprint density at radius 3 is 2.70 bits per heavy atom. The molecule has 150 valence electrons. The van der Waals surface area contributed by atoms with Crippen molar-refractivity contribution in [3.63, 3.8) is 0 Å². The first-order valence-corrected chi connectivity index (χ1v) is 11.0. The van der Waals surface area contributed by atoms with Gasteiger partial charge in [0.25, 0.3) is 0 Å². The van der Waals surface area contributed by atoms with Gasteiger partial charge in [0.15, 0.2) is 0 Å². The molecule has 6 heteroatoms. The van der Waals surface area contributed by atoms with E-state index in [9.17, 15) is 0 Å². The van der Waals surface area contributed by atoms with Gasteiger partial charge < -0.3 is 10.6 Å². The standard InChI is InChI=1S/C24H21ClN4S/c25-19-6-8-21-22(10-13-29-23(21)14-19)28-12-1-11-27-16-20-7-9-24(30-20)18-4-2-17(15-26)3-5-18/h2-10,13-14,27H,1,11-12,16H2,(H,28,29). The van der Waals surface area contributed by atoms with Crippen LogP contribution < -0.4 is 10.6 Å². The minimum atomic E-state index is 0.689. The largest absolute Gasteiger partial charge is 0.384 e. The Hall–Kier alpha value is -2.91. The van der Waals surface area contributed by atoms with Crippen molar-refractivity contribution in [1.29, 1.82) is 5.26 Å². The number of aromatic nitrogens is 1. The van der Waals surface area contributed by atoms with E-state index >= 15 is 0 Å². The van der Waals surface area contributed by atoms with Crippen LogP contribution in [-0.4, -0.2) is 18.1 Å². The second-order valence-electron chi connectivity index (χ2n) is 6.93. The maximum Gasteiger partial charge on any atom is 0.0991 e. The molecule has 2 N–H and O–H groups in total. The van der Waals surface area contributed by atoms with Gasteiger partial charge >= 0.3 is 0 Å². The number of thiophene rings is 1. The zero-order valence-corrected chi connectivity index (χ0v) is 17.9. The van der Waals surface area contributed by atoms with Crippen LogP contribution in [0.15, 0.2) is 66.9 Å². The fourth-order valence-electron chi connectivity index (χ4n) is 3.26. The van der Waals surface area contributed by atoms with E-state index in [1.807, 2.05) is 54.7 Å². The molecule has 4 rings (SSSR count). The monoisotopic (exact) mass is 432 g/mol. The van der Waals surface area contributed by atoms with Crippen LogP contribution in [0.4, 0.5) is 5.69 Å². The topological polar surface area (TPSA) is 60.7 Å². The molecule has 0 aliphatic carbocycles. The highest BCUT2D eigenvalue weighted by atomic mass is 35.5. The van der Waals surface area contributed by atoms with E-state index < -0.39 is 0 Å². The van der Waals surface area contributed by atoms with Gasteiger partial charge in [0.05, 0.1) is 17.1 Å². The van der Waals surface area contributed by atoms with Gasteiger partial charge in [-0.1, -0.05) is 23.7 Å². The first-order valence-electron chi connectivity index (χ1n) is 9.81. The Bertz CT molecular complexity index is 1180. The maximum absolute atomic E-state index is 8.92. The number of nitrogens with one attached hydrogen (secondary N) is 2. The molecule has 2 aromatic heterocycles. The van der Waals surface area contributed by atoms with Crippen molar-refractivity contribution in [3.8, 4) is 16.5 Å². The van der Waals surface area contributed by atoms with Crippen LogP contribution in [-0.2, 0) is 6.54 Å². The lowest BCUT2D eigenvalue weighted by molar-refractivity contribution is 0.669. The van der Waals surface area contributed by atoms with Crippen LogP contribution in [0, 0.1) is 11.3 Å². The van der Waals surface area contributed by atoms with Crippen molar-refractivity contribution in [3.05, 3.63) is 82.3 Å². The van der Waals surface area contributed by atoms with Crippen molar-refractivity contribution in [2.24, 2.45) is 0 Å². The molecule has 0 unspecified atom stereocenters. The molecule has 0 aliphatic rings. The predicted molar refractivity (Wildman–Crippen MR) is 126 cm³/mol. The molecule has 0 saturated carbocycles. The number of halogens is 1. The molecule has 0 saturated heterocycles. The number of hydrogen-bond acceptors (Lipinski definition) is 5. The summed E-state index contributed by atoms with van der Waals surface area (Å²) in [6, 6.07) is 22.0. The van der Waals surface area contributed by atoms with Gasteiger partial charge in [0, 0.05) is 45.1 Å². The predicted octanol–water partition coefficient (Wildman–Crippen LogP) is 6.08. The second kappa shape index (κ2) is 9.73. The molecule has 0 amide bonds. The van der Waals surface area contributed by atoms with Crippen LogP contribution in [0.5, 0.6) is 0 Å². The SMILES string of the molecule is N#Cc1ccc(-c2ccc(CNCCCNc3ccnc4cc(Cl)ccc34)s2)cc1. The van der Waals surface area contributed by atoms with Crippen molar-refractivity contribution >= 4 is 39.5 Å². The molecule has 0 aliphatic heterocycles. The number of pyridine rings is 1. The summed E-state index contributed by atoms with van der Waals surface area (Å²) >= 11 is 7.84. The maximum atomic E-state index is 8.92. The minimum absolute atomic E-state index is 0.689. The summed E-state index contributed by atoms with van der Waals surface area (Å²) in [5, 5.41) is 17.7. The quantitative estimate of drug-likeness (QED) is 0.331. The van der Waals surface area contributed by atoms with E-state index in [1.165, 1.54) is 9.75 Å². The minimum Gasteiger partial charge on any atom is -0.384 e. The molecule has 0 fully saturated rings. The zero-order chi connectivity index (χ0) is 20.8. The third kappa shape index (κ3) is 4.98. The fourth-order valence-corrected chi connectivity index (χ4v) is 4.41. The number of nitriles is 1. The van der Waals surface area contributed by atoms with Gasteiger partial charge in [-0.05, 0) is 67.1 Å². The van der Waals surface area contributed by atoms with E-state index in [-0.39, 0.29) is 0 Å². The molecule has 0 radical (unpaired) electrons. The Balaban J connectivity index is 1.23. The van der Waals surface area contributed by atoms with Crippen LogP contribution in [0.1, 0.15) is 16.9 Å². The Morgan fingerprint density at radius 2 is 1.87 bits per heavy atom. The summed E-state index contributed by atoms with van der Waals surface area (Å²) < 4.78 is 0. The highest BCUT2D eigenvalue weighted by molar-refractivity contribution is 7.15. The smallest absolute Gasteiger partial charge is 0.0991 e. The fraction of sp³-hybridized carbons (Fsp3) is 0.167. The van der Waals surface area contributed by atoms with Crippen LogP contribution in [0.25, 0.3) is 21.3 Å². The molecule has 30 heavy (non-hydrogen) atoms. The molecule has 0 atom stereocenters. The molecule has 4 aromatic rings. The highest BCUT2D eigenvalue weighted by Crippen LogP contribution is 2.28. The summed E-state index contributed by atoms with van der Waals surface area (Å²) in [6.45, 7) is 2.68. The van der Waals surface area contributed by atoms with Gasteiger partial charge in [-0.25, -0.2) is 0 Å². The Labute approximate surface area is 185 Å². The van der Waals surface area contributed by atoms with Crippen molar-refractivity contribution in [2.75, 3.05) is 18.4 Å².